The summed E-state index contributed by atoms with van der Waals surface area (Å²) in [5, 5.41) is 0. The molecule has 2 aliphatic heterocycles. The van der Waals surface area contributed by atoms with E-state index in [1.165, 1.54) is 15.4 Å². The average molecular weight is 536 g/mol. The molecule has 3 aromatic carbocycles. The van der Waals surface area contributed by atoms with Crippen LogP contribution in [-0.4, -0.2) is 75.8 Å². The summed E-state index contributed by atoms with van der Waals surface area (Å²) in [4.78, 5) is 17.8. The van der Waals surface area contributed by atoms with Crippen molar-refractivity contribution in [1.29, 1.82) is 0 Å². The Balaban J connectivity index is 1.33. The summed E-state index contributed by atoms with van der Waals surface area (Å²) in [5.74, 6) is 0.819. The summed E-state index contributed by atoms with van der Waals surface area (Å²) in [6.07, 6.45) is 1.12. The first-order chi connectivity index (χ1) is 18.3. The van der Waals surface area contributed by atoms with E-state index >= 15 is 0 Å². The number of hydrogen-bond donors (Lipinski definition) is 0. The van der Waals surface area contributed by atoms with E-state index in [0.29, 0.717) is 56.6 Å². The maximum atomic E-state index is 13.6. The van der Waals surface area contributed by atoms with E-state index in [0.717, 1.165) is 6.26 Å². The van der Waals surface area contributed by atoms with Gasteiger partial charge >= 0.3 is 0 Å². The zero-order valence-corrected chi connectivity index (χ0v) is 22.5. The van der Waals surface area contributed by atoms with E-state index in [4.69, 9.17) is 9.47 Å². The monoisotopic (exact) mass is 535 g/mol. The van der Waals surface area contributed by atoms with Crippen LogP contribution in [0.1, 0.15) is 24.1 Å². The number of anilines is 1. The number of hydrogen-bond acceptors (Lipinski definition) is 6. The first-order valence-corrected chi connectivity index (χ1v) is 14.7. The molecule has 8 nitrogen and oxygen atoms in total. The molecule has 0 spiro atoms. The van der Waals surface area contributed by atoms with Crippen LogP contribution >= 0.6 is 0 Å². The van der Waals surface area contributed by atoms with Crippen molar-refractivity contribution in [3.8, 4) is 11.5 Å². The smallest absolute Gasteiger partial charge is 0.246 e. The zero-order chi connectivity index (χ0) is 26.7. The van der Waals surface area contributed by atoms with Crippen LogP contribution in [0.5, 0.6) is 11.5 Å². The molecule has 200 valence electrons. The van der Waals surface area contributed by atoms with Crippen molar-refractivity contribution in [3.63, 3.8) is 0 Å². The highest BCUT2D eigenvalue weighted by molar-refractivity contribution is 7.92. The normalized spacial score (nSPS) is 16.8. The van der Waals surface area contributed by atoms with Gasteiger partial charge in [0.15, 0.2) is 11.5 Å². The van der Waals surface area contributed by atoms with Gasteiger partial charge in [0.2, 0.25) is 15.9 Å². The van der Waals surface area contributed by atoms with Gasteiger partial charge in [-0.15, -0.1) is 0 Å². The fraction of sp³-hybridized carbons (Fsp3) is 0.345. The fourth-order valence-corrected chi connectivity index (χ4v) is 6.48. The Morgan fingerprint density at radius 3 is 1.92 bits per heavy atom. The van der Waals surface area contributed by atoms with Gasteiger partial charge in [-0.25, -0.2) is 8.42 Å². The molecular formula is C29H33N3O5S. The molecule has 0 N–H and O–H groups in total. The van der Waals surface area contributed by atoms with Gasteiger partial charge in [-0.2, -0.15) is 0 Å². The topological polar surface area (TPSA) is 79.4 Å². The van der Waals surface area contributed by atoms with E-state index in [1.807, 2.05) is 36.4 Å². The van der Waals surface area contributed by atoms with Crippen LogP contribution in [-0.2, 0) is 14.8 Å². The van der Waals surface area contributed by atoms with Crippen LogP contribution in [0.3, 0.4) is 0 Å². The Bertz CT molecular complexity index is 1320. The first kappa shape index (κ1) is 26.1. The van der Waals surface area contributed by atoms with Crippen molar-refractivity contribution >= 4 is 21.6 Å². The lowest BCUT2D eigenvalue weighted by atomic mass is 9.96. The van der Waals surface area contributed by atoms with Crippen molar-refractivity contribution in [1.82, 2.24) is 9.80 Å². The largest absolute Gasteiger partial charge is 0.486 e. The molecule has 0 aliphatic carbocycles. The molecule has 9 heteroatoms. The third-order valence-corrected chi connectivity index (χ3v) is 8.31. The van der Waals surface area contributed by atoms with Crippen molar-refractivity contribution in [3.05, 3.63) is 90.0 Å². The molecule has 38 heavy (non-hydrogen) atoms. The van der Waals surface area contributed by atoms with Gasteiger partial charge in [-0.05, 0) is 30.2 Å². The standard InChI is InChI=1S/C29H33N3O5S/c1-22(32(38(2,34)35)25-13-14-26-27(21-25)37-20-19-36-26)29(33)31-17-15-30(16-18-31)28(23-9-5-3-6-10-23)24-11-7-4-8-12-24/h3-14,21-22,28H,15-20H2,1-2H3/t22-/m1/s1. The number of benzene rings is 3. The van der Waals surface area contributed by atoms with Gasteiger partial charge in [0.1, 0.15) is 19.3 Å². The molecule has 2 aliphatic rings. The minimum absolute atomic E-state index is 0.0808. The van der Waals surface area contributed by atoms with E-state index in [9.17, 15) is 13.2 Å². The van der Waals surface area contributed by atoms with Crippen LogP contribution in [0.4, 0.5) is 5.69 Å². The summed E-state index contributed by atoms with van der Waals surface area (Å²) < 4.78 is 38.1. The van der Waals surface area contributed by atoms with Gasteiger partial charge in [0.05, 0.1) is 18.0 Å². The SMILES string of the molecule is C[C@H](C(=O)N1CCN(C(c2ccccc2)c2ccccc2)CC1)N(c1ccc2c(c1)OCCO2)S(C)(=O)=O. The summed E-state index contributed by atoms with van der Waals surface area (Å²) in [5.41, 5.74) is 2.78. The van der Waals surface area contributed by atoms with E-state index in [2.05, 4.69) is 29.2 Å². The maximum absolute atomic E-state index is 13.6. The van der Waals surface area contributed by atoms with Gasteiger partial charge in [-0.1, -0.05) is 60.7 Å². The van der Waals surface area contributed by atoms with Crippen LogP contribution in [0, 0.1) is 0 Å². The van der Waals surface area contributed by atoms with Crippen LogP contribution in [0.2, 0.25) is 0 Å². The Morgan fingerprint density at radius 2 is 1.37 bits per heavy atom. The number of ether oxygens (including phenoxy) is 2. The second-order valence-corrected chi connectivity index (χ2v) is 11.5. The molecule has 1 saturated heterocycles. The number of fused-ring (bicyclic) bond motifs is 1. The molecule has 2 heterocycles. The Morgan fingerprint density at radius 1 is 0.816 bits per heavy atom. The number of nitrogens with zero attached hydrogens (tertiary/aromatic N) is 3. The average Bonchev–Trinajstić information content (AvgIpc) is 2.93. The van der Waals surface area contributed by atoms with Gasteiger partial charge in [0.25, 0.3) is 0 Å². The van der Waals surface area contributed by atoms with Gasteiger partial charge < -0.3 is 14.4 Å². The fourth-order valence-electron chi connectivity index (χ4n) is 5.32. The molecule has 1 atom stereocenters. The maximum Gasteiger partial charge on any atom is 0.246 e. The predicted octanol–water partition coefficient (Wildman–Crippen LogP) is 3.55. The third kappa shape index (κ3) is 5.49. The highest BCUT2D eigenvalue weighted by atomic mass is 32.2. The van der Waals surface area contributed by atoms with Crippen LogP contribution in [0.25, 0.3) is 0 Å². The Kier molecular flexibility index (Phi) is 7.58. The van der Waals surface area contributed by atoms with Crippen molar-refractivity contribution in [2.24, 2.45) is 0 Å². The number of rotatable bonds is 7. The summed E-state index contributed by atoms with van der Waals surface area (Å²) in [7, 11) is -3.74. The molecule has 3 aromatic rings. The first-order valence-electron chi connectivity index (χ1n) is 12.8. The highest BCUT2D eigenvalue weighted by Crippen LogP contribution is 2.36. The number of amides is 1. The number of piperazine rings is 1. The van der Waals surface area contributed by atoms with Crippen molar-refractivity contribution in [2.75, 3.05) is 50.0 Å². The van der Waals surface area contributed by atoms with Crippen molar-refractivity contribution in [2.45, 2.75) is 19.0 Å². The Hall–Kier alpha value is -3.56. The van der Waals surface area contributed by atoms with E-state index in [-0.39, 0.29) is 11.9 Å². The molecule has 5 rings (SSSR count). The molecule has 0 saturated carbocycles. The molecular weight excluding hydrogens is 502 g/mol. The quantitative estimate of drug-likeness (QED) is 0.461. The van der Waals surface area contributed by atoms with E-state index in [1.54, 1.807) is 30.0 Å². The summed E-state index contributed by atoms with van der Waals surface area (Å²) in [6.45, 7) is 4.85. The highest BCUT2D eigenvalue weighted by Gasteiger charge is 2.35. The molecule has 0 unspecified atom stereocenters. The zero-order valence-electron chi connectivity index (χ0n) is 21.7. The van der Waals surface area contributed by atoms with Gasteiger partial charge in [-0.3, -0.25) is 14.0 Å². The lowest BCUT2D eigenvalue weighted by Gasteiger charge is -2.41. The second-order valence-electron chi connectivity index (χ2n) is 9.65. The second kappa shape index (κ2) is 11.0. The lowest BCUT2D eigenvalue weighted by Crippen LogP contribution is -2.55. The van der Waals surface area contributed by atoms with Crippen LogP contribution in [0.15, 0.2) is 78.9 Å². The third-order valence-electron chi connectivity index (χ3n) is 7.07. The summed E-state index contributed by atoms with van der Waals surface area (Å²) in [6, 6.07) is 24.9. The van der Waals surface area contributed by atoms with Gasteiger partial charge in [0, 0.05) is 32.2 Å². The molecule has 0 bridgehead atoms. The van der Waals surface area contributed by atoms with E-state index < -0.39 is 16.1 Å². The number of carbonyl (C=O) groups excluding carboxylic acids is 1. The molecule has 0 aromatic heterocycles. The molecule has 1 amide bonds. The lowest BCUT2D eigenvalue weighted by molar-refractivity contribution is -0.134. The Labute approximate surface area is 224 Å². The summed E-state index contributed by atoms with van der Waals surface area (Å²) >= 11 is 0. The van der Waals surface area contributed by atoms with Crippen LogP contribution < -0.4 is 13.8 Å². The number of carbonyl (C=O) groups is 1. The van der Waals surface area contributed by atoms with Crippen molar-refractivity contribution < 1.29 is 22.7 Å². The predicted molar refractivity (Wildman–Crippen MR) is 147 cm³/mol. The minimum Gasteiger partial charge on any atom is -0.486 e. The molecule has 1 fully saturated rings. The number of sulfonamides is 1. The minimum atomic E-state index is -3.74. The molecule has 0 radical (unpaired) electrons.